The van der Waals surface area contributed by atoms with E-state index in [4.69, 9.17) is 5.11 Å². The van der Waals surface area contributed by atoms with Crippen molar-refractivity contribution in [3.63, 3.8) is 0 Å². The molecule has 0 aromatic carbocycles. The van der Waals surface area contributed by atoms with Crippen molar-refractivity contribution in [3.05, 3.63) is 4.91 Å². The summed E-state index contributed by atoms with van der Waals surface area (Å²) in [7, 11) is 1.72. The average Bonchev–Trinajstić information content (AvgIpc) is 2.05. The number of nitrogens with one attached hydrogen (secondary N) is 1. The summed E-state index contributed by atoms with van der Waals surface area (Å²) in [5.74, 6) is 0. The first kappa shape index (κ1) is 10.5. The van der Waals surface area contributed by atoms with Gasteiger partial charge in [-0.3, -0.25) is 0 Å². The van der Waals surface area contributed by atoms with Crippen LogP contribution in [0.2, 0.25) is 0 Å². The Morgan fingerprint density at radius 3 is 2.55 bits per heavy atom. The maximum Gasteiger partial charge on any atom is 0.109 e. The van der Waals surface area contributed by atoms with Gasteiger partial charge >= 0.3 is 0 Å². The molecule has 0 aliphatic carbocycles. The lowest BCUT2D eigenvalue weighted by atomic mass is 10.1. The second-order valence-electron chi connectivity index (χ2n) is 2.54. The number of aliphatic hydroxyl groups is 1. The van der Waals surface area contributed by atoms with Crippen molar-refractivity contribution in [1.29, 1.82) is 0 Å². The summed E-state index contributed by atoms with van der Waals surface area (Å²) in [6.45, 7) is 1.95. The molecule has 2 N–H and O–H groups in total. The SMILES string of the molecule is CCCC(N=O)C(CO)NC. The molecule has 4 nitrogen and oxygen atoms in total. The quantitative estimate of drug-likeness (QED) is 0.556. The molecule has 0 saturated carbocycles. The molecule has 0 bridgehead atoms. The molecule has 4 heteroatoms. The normalized spacial score (nSPS) is 15.9. The zero-order valence-electron chi connectivity index (χ0n) is 7.08. The summed E-state index contributed by atoms with van der Waals surface area (Å²) in [6.07, 6.45) is 1.64. The summed E-state index contributed by atoms with van der Waals surface area (Å²) in [5, 5.41) is 14.6. The number of likely N-dealkylation sites (N-methyl/N-ethyl adjacent to an activating group) is 1. The number of rotatable bonds is 6. The van der Waals surface area contributed by atoms with Gasteiger partial charge in [-0.05, 0) is 13.5 Å². The lowest BCUT2D eigenvalue weighted by Crippen LogP contribution is -2.39. The minimum atomic E-state index is -0.296. The molecule has 11 heavy (non-hydrogen) atoms. The molecule has 2 atom stereocenters. The highest BCUT2D eigenvalue weighted by Gasteiger charge is 2.18. The van der Waals surface area contributed by atoms with Crippen LogP contribution in [0, 0.1) is 4.91 Å². The van der Waals surface area contributed by atoms with Gasteiger partial charge in [-0.1, -0.05) is 18.5 Å². The number of nitrogens with zero attached hydrogens (tertiary/aromatic N) is 1. The third kappa shape index (κ3) is 3.43. The molecule has 0 aromatic rings. The van der Waals surface area contributed by atoms with Gasteiger partial charge in [0.25, 0.3) is 0 Å². The first-order valence-electron chi connectivity index (χ1n) is 3.90. The predicted octanol–water partition coefficient (Wildman–Crippen LogP) is 0.502. The van der Waals surface area contributed by atoms with Gasteiger partial charge in [-0.15, -0.1) is 0 Å². The molecule has 66 valence electrons. The third-order valence-electron chi connectivity index (χ3n) is 1.75. The number of hydrogen-bond acceptors (Lipinski definition) is 4. The van der Waals surface area contributed by atoms with Gasteiger partial charge < -0.3 is 10.4 Å². The second kappa shape index (κ2) is 6.24. The first-order chi connectivity index (χ1) is 5.29. The van der Waals surface area contributed by atoms with E-state index in [-0.39, 0.29) is 18.7 Å². The molecular formula is C7H16N2O2. The highest BCUT2D eigenvalue weighted by Crippen LogP contribution is 2.05. The predicted molar refractivity (Wildman–Crippen MR) is 44.4 cm³/mol. The van der Waals surface area contributed by atoms with Gasteiger partial charge in [-0.25, -0.2) is 0 Å². The average molecular weight is 160 g/mol. The molecule has 0 aromatic heterocycles. The molecule has 0 heterocycles. The number of hydrogen-bond donors (Lipinski definition) is 2. The molecule has 0 rings (SSSR count). The van der Waals surface area contributed by atoms with Crippen molar-refractivity contribution in [2.45, 2.75) is 31.8 Å². The fraction of sp³-hybridized carbons (Fsp3) is 1.00. The standard InChI is InChI=1S/C7H16N2O2/c1-3-4-6(9-11)7(5-10)8-2/h6-8,10H,3-5H2,1-2H3. The molecule has 0 radical (unpaired) electrons. The van der Waals surface area contributed by atoms with Gasteiger partial charge in [0.15, 0.2) is 0 Å². The maximum absolute atomic E-state index is 10.3. The fourth-order valence-electron chi connectivity index (χ4n) is 1.03. The van der Waals surface area contributed by atoms with E-state index >= 15 is 0 Å². The summed E-state index contributed by atoms with van der Waals surface area (Å²) >= 11 is 0. The van der Waals surface area contributed by atoms with Gasteiger partial charge in [0, 0.05) is 0 Å². The zero-order valence-corrected chi connectivity index (χ0v) is 7.08. The molecule has 2 unspecified atom stereocenters. The minimum Gasteiger partial charge on any atom is -0.395 e. The summed E-state index contributed by atoms with van der Waals surface area (Å²) in [4.78, 5) is 10.3. The van der Waals surface area contributed by atoms with Crippen molar-refractivity contribution in [1.82, 2.24) is 5.32 Å². The van der Waals surface area contributed by atoms with Crippen LogP contribution >= 0.6 is 0 Å². The smallest absolute Gasteiger partial charge is 0.109 e. The molecule has 0 aliphatic heterocycles. The molecular weight excluding hydrogens is 144 g/mol. The van der Waals surface area contributed by atoms with E-state index in [2.05, 4.69) is 10.5 Å². The Morgan fingerprint density at radius 2 is 2.27 bits per heavy atom. The van der Waals surface area contributed by atoms with E-state index in [1.165, 1.54) is 0 Å². The number of nitroso groups, excluding NO2 is 1. The molecule has 0 amide bonds. The van der Waals surface area contributed by atoms with Crippen LogP contribution < -0.4 is 5.32 Å². The van der Waals surface area contributed by atoms with Gasteiger partial charge in [-0.2, -0.15) is 4.91 Å². The topological polar surface area (TPSA) is 61.7 Å². The van der Waals surface area contributed by atoms with Crippen molar-refractivity contribution in [2.24, 2.45) is 5.18 Å². The van der Waals surface area contributed by atoms with Crippen molar-refractivity contribution >= 4 is 0 Å². The van der Waals surface area contributed by atoms with Crippen LogP contribution in [0.1, 0.15) is 19.8 Å². The van der Waals surface area contributed by atoms with Crippen LogP contribution in [0.5, 0.6) is 0 Å². The summed E-state index contributed by atoms with van der Waals surface area (Å²) in [6, 6.07) is -0.484. The Bertz CT molecular complexity index is 105. The van der Waals surface area contributed by atoms with Gasteiger partial charge in [0.1, 0.15) is 6.04 Å². The highest BCUT2D eigenvalue weighted by atomic mass is 16.3. The van der Waals surface area contributed by atoms with E-state index in [0.29, 0.717) is 0 Å². The lowest BCUT2D eigenvalue weighted by molar-refractivity contribution is 0.226. The van der Waals surface area contributed by atoms with Gasteiger partial charge in [0.2, 0.25) is 0 Å². The van der Waals surface area contributed by atoms with Crippen molar-refractivity contribution in [2.75, 3.05) is 13.7 Å². The molecule has 0 aliphatic rings. The lowest BCUT2D eigenvalue weighted by Gasteiger charge is -2.17. The Morgan fingerprint density at radius 1 is 1.64 bits per heavy atom. The summed E-state index contributed by atoms with van der Waals surface area (Å²) < 4.78 is 0. The van der Waals surface area contributed by atoms with E-state index in [1.54, 1.807) is 7.05 Å². The highest BCUT2D eigenvalue weighted by molar-refractivity contribution is 4.79. The Hall–Kier alpha value is -0.480. The van der Waals surface area contributed by atoms with E-state index in [0.717, 1.165) is 12.8 Å². The summed E-state index contributed by atoms with van der Waals surface area (Å²) in [5.41, 5.74) is 0. The van der Waals surface area contributed by atoms with Crippen LogP contribution in [0.4, 0.5) is 0 Å². The van der Waals surface area contributed by atoms with E-state index < -0.39 is 0 Å². The monoisotopic (exact) mass is 160 g/mol. The first-order valence-corrected chi connectivity index (χ1v) is 3.90. The Balaban J connectivity index is 3.86. The van der Waals surface area contributed by atoms with Crippen LogP contribution in [0.3, 0.4) is 0 Å². The Kier molecular flexibility index (Phi) is 5.97. The second-order valence-corrected chi connectivity index (χ2v) is 2.54. The van der Waals surface area contributed by atoms with Crippen LogP contribution in [-0.2, 0) is 0 Å². The Labute approximate surface area is 67.0 Å². The molecule has 0 saturated heterocycles. The van der Waals surface area contributed by atoms with Crippen LogP contribution in [0.25, 0.3) is 0 Å². The molecule has 0 fully saturated rings. The van der Waals surface area contributed by atoms with E-state index in [1.807, 2.05) is 6.92 Å². The maximum atomic E-state index is 10.3. The van der Waals surface area contributed by atoms with E-state index in [9.17, 15) is 4.91 Å². The fourth-order valence-corrected chi connectivity index (χ4v) is 1.03. The number of aliphatic hydroxyl groups excluding tert-OH is 1. The zero-order chi connectivity index (χ0) is 8.69. The van der Waals surface area contributed by atoms with Crippen molar-refractivity contribution < 1.29 is 5.11 Å². The van der Waals surface area contributed by atoms with Crippen molar-refractivity contribution in [3.8, 4) is 0 Å². The third-order valence-corrected chi connectivity index (χ3v) is 1.75. The largest absolute Gasteiger partial charge is 0.395 e. The molecule has 0 spiro atoms. The van der Waals surface area contributed by atoms with Crippen LogP contribution in [0.15, 0.2) is 5.18 Å². The minimum absolute atomic E-state index is 0.0348. The van der Waals surface area contributed by atoms with Gasteiger partial charge in [0.05, 0.1) is 12.6 Å². The van der Waals surface area contributed by atoms with Crippen LogP contribution in [-0.4, -0.2) is 30.8 Å².